The fraction of sp³-hybridized carbons (Fsp3) is 0.423. The number of carbonyl (C=O) groups excluding carboxylic acids is 1. The van der Waals surface area contributed by atoms with Gasteiger partial charge in [0.2, 0.25) is 11.8 Å². The molecule has 2 aliphatic rings. The molecule has 0 radical (unpaired) electrons. The summed E-state index contributed by atoms with van der Waals surface area (Å²) >= 11 is 0. The first-order valence-corrected chi connectivity index (χ1v) is 11.9. The van der Waals surface area contributed by atoms with Crippen molar-refractivity contribution in [1.82, 2.24) is 15.3 Å². The molecule has 0 saturated carbocycles. The lowest BCUT2D eigenvalue weighted by Gasteiger charge is -2.26. The van der Waals surface area contributed by atoms with Crippen LogP contribution in [0.1, 0.15) is 51.0 Å². The first-order chi connectivity index (χ1) is 16.1. The summed E-state index contributed by atoms with van der Waals surface area (Å²) < 4.78 is 12.3. The van der Waals surface area contributed by atoms with Crippen LogP contribution >= 0.6 is 0 Å². The summed E-state index contributed by atoms with van der Waals surface area (Å²) in [6.07, 6.45) is 6.20. The lowest BCUT2D eigenvalue weighted by atomic mass is 9.90. The van der Waals surface area contributed by atoms with E-state index < -0.39 is 0 Å². The summed E-state index contributed by atoms with van der Waals surface area (Å²) in [5.74, 6) is 1.51. The Morgan fingerprint density at radius 1 is 1.12 bits per heavy atom. The highest BCUT2D eigenvalue weighted by Crippen LogP contribution is 2.29. The minimum absolute atomic E-state index is 0.0354. The molecule has 2 atom stereocenters. The highest BCUT2D eigenvalue weighted by atomic mass is 16.5. The van der Waals surface area contributed by atoms with Crippen molar-refractivity contribution < 1.29 is 13.9 Å². The Morgan fingerprint density at radius 3 is 2.76 bits per heavy atom. The zero-order valence-corrected chi connectivity index (χ0v) is 19.2. The number of fused-ring (bicyclic) bond motifs is 1. The van der Waals surface area contributed by atoms with Crippen molar-refractivity contribution >= 4 is 22.7 Å². The van der Waals surface area contributed by atoms with Gasteiger partial charge in [-0.3, -0.25) is 9.69 Å². The molecule has 1 fully saturated rings. The van der Waals surface area contributed by atoms with Gasteiger partial charge in [0.05, 0.1) is 5.71 Å². The maximum atomic E-state index is 11.7. The Bertz CT molecular complexity index is 1170. The molecular weight excluding hydrogens is 416 g/mol. The lowest BCUT2D eigenvalue weighted by Crippen LogP contribution is -2.35. The molecule has 172 valence electrons. The van der Waals surface area contributed by atoms with Crippen LogP contribution in [-0.4, -0.2) is 41.3 Å². The van der Waals surface area contributed by atoms with Crippen molar-refractivity contribution in [3.05, 3.63) is 48.0 Å². The quantitative estimate of drug-likeness (QED) is 0.599. The average molecular weight is 447 g/mol. The van der Waals surface area contributed by atoms with E-state index in [1.165, 1.54) is 19.3 Å². The Labute approximate surface area is 193 Å². The molecule has 0 bridgehead atoms. The lowest BCUT2D eigenvalue weighted by molar-refractivity contribution is -0.122. The number of nitrogens with zero attached hydrogens (tertiary/aromatic N) is 3. The van der Waals surface area contributed by atoms with Gasteiger partial charge in [-0.15, -0.1) is 0 Å². The van der Waals surface area contributed by atoms with Gasteiger partial charge in [0, 0.05) is 30.0 Å². The molecule has 2 unspecified atom stereocenters. The number of rotatable bonds is 5. The average Bonchev–Trinajstić information content (AvgIpc) is 3.16. The van der Waals surface area contributed by atoms with Crippen LogP contribution in [0.2, 0.25) is 0 Å². The number of hydrogen-bond acceptors (Lipinski definition) is 6. The second kappa shape index (κ2) is 9.35. The fourth-order valence-electron chi connectivity index (χ4n) is 4.63. The van der Waals surface area contributed by atoms with E-state index in [9.17, 15) is 4.79 Å². The van der Waals surface area contributed by atoms with Gasteiger partial charge in [0.25, 0.3) is 0 Å². The standard InChI is InChI=1S/C26H30N4O3/c1-3-17-16-23(31)28-29-25(17)19-10-13-21-22(15-19)33-26(27-21)18-8-11-20(12-9-18)32-24-7-5-4-6-14-30(24)2/h8-13,15,17,24H,3-7,14,16H2,1-2H3,(H,28,31). The van der Waals surface area contributed by atoms with Crippen LogP contribution in [0.4, 0.5) is 0 Å². The van der Waals surface area contributed by atoms with Crippen molar-refractivity contribution in [2.75, 3.05) is 13.6 Å². The molecular formula is C26H30N4O3. The van der Waals surface area contributed by atoms with Gasteiger partial charge < -0.3 is 9.15 Å². The van der Waals surface area contributed by atoms with Crippen molar-refractivity contribution in [1.29, 1.82) is 0 Å². The predicted octanol–water partition coefficient (Wildman–Crippen LogP) is 4.96. The minimum Gasteiger partial charge on any atom is -0.475 e. The highest BCUT2D eigenvalue weighted by Gasteiger charge is 2.25. The summed E-state index contributed by atoms with van der Waals surface area (Å²) in [7, 11) is 2.13. The Kier molecular flexibility index (Phi) is 6.13. The van der Waals surface area contributed by atoms with E-state index in [0.717, 1.165) is 47.5 Å². The number of hydrogen-bond donors (Lipinski definition) is 1. The van der Waals surface area contributed by atoms with Gasteiger partial charge in [-0.1, -0.05) is 19.4 Å². The molecule has 3 heterocycles. The van der Waals surface area contributed by atoms with E-state index in [1.54, 1.807) is 0 Å². The maximum Gasteiger partial charge on any atom is 0.240 e. The molecule has 1 amide bonds. The Morgan fingerprint density at radius 2 is 1.94 bits per heavy atom. The number of aromatic nitrogens is 1. The van der Waals surface area contributed by atoms with E-state index in [0.29, 0.717) is 17.9 Å². The second-order valence-electron chi connectivity index (χ2n) is 8.97. The summed E-state index contributed by atoms with van der Waals surface area (Å²) in [6.45, 7) is 3.15. The molecule has 7 nitrogen and oxygen atoms in total. The molecule has 3 aromatic rings. The van der Waals surface area contributed by atoms with E-state index >= 15 is 0 Å². The topological polar surface area (TPSA) is 80.0 Å². The predicted molar refractivity (Wildman–Crippen MR) is 128 cm³/mol. The van der Waals surface area contributed by atoms with Gasteiger partial charge in [-0.2, -0.15) is 5.10 Å². The van der Waals surface area contributed by atoms with E-state index in [-0.39, 0.29) is 18.1 Å². The molecule has 0 aliphatic carbocycles. The monoisotopic (exact) mass is 446 g/mol. The number of amides is 1. The number of oxazole rings is 1. The van der Waals surface area contributed by atoms with Crippen molar-refractivity contribution in [2.45, 2.75) is 51.7 Å². The number of carbonyl (C=O) groups is 1. The number of hydrazone groups is 1. The molecule has 1 saturated heterocycles. The third kappa shape index (κ3) is 4.64. The van der Waals surface area contributed by atoms with E-state index in [2.05, 4.69) is 34.4 Å². The minimum atomic E-state index is -0.0354. The summed E-state index contributed by atoms with van der Waals surface area (Å²) in [4.78, 5) is 18.7. The number of nitrogens with one attached hydrogen (secondary N) is 1. The first-order valence-electron chi connectivity index (χ1n) is 11.9. The Balaban J connectivity index is 1.35. The molecule has 0 spiro atoms. The molecule has 7 heteroatoms. The summed E-state index contributed by atoms with van der Waals surface area (Å²) in [6, 6.07) is 13.9. The van der Waals surface area contributed by atoms with Crippen LogP contribution in [0, 0.1) is 5.92 Å². The maximum absolute atomic E-state index is 11.7. The first kappa shape index (κ1) is 21.6. The van der Waals surface area contributed by atoms with Crippen molar-refractivity contribution in [3.8, 4) is 17.2 Å². The number of likely N-dealkylation sites (tertiary alicyclic amines) is 1. The van der Waals surface area contributed by atoms with Crippen LogP contribution in [0.25, 0.3) is 22.6 Å². The van der Waals surface area contributed by atoms with Gasteiger partial charge in [-0.25, -0.2) is 10.4 Å². The normalized spacial score (nSPS) is 22.0. The third-order valence-corrected chi connectivity index (χ3v) is 6.62. The highest BCUT2D eigenvalue weighted by molar-refractivity contribution is 6.07. The summed E-state index contributed by atoms with van der Waals surface area (Å²) in [5, 5.41) is 4.31. The smallest absolute Gasteiger partial charge is 0.240 e. The summed E-state index contributed by atoms with van der Waals surface area (Å²) in [5.41, 5.74) is 6.85. The molecule has 2 aliphatic heterocycles. The molecule has 33 heavy (non-hydrogen) atoms. The van der Waals surface area contributed by atoms with Gasteiger partial charge >= 0.3 is 0 Å². The molecule has 2 aromatic carbocycles. The molecule has 1 aromatic heterocycles. The Hall–Kier alpha value is -3.19. The largest absolute Gasteiger partial charge is 0.475 e. The van der Waals surface area contributed by atoms with Crippen molar-refractivity contribution in [2.24, 2.45) is 11.0 Å². The van der Waals surface area contributed by atoms with Gasteiger partial charge in [-0.05, 0) is 69.1 Å². The van der Waals surface area contributed by atoms with Crippen LogP contribution in [0.5, 0.6) is 5.75 Å². The van der Waals surface area contributed by atoms with Crippen LogP contribution < -0.4 is 10.2 Å². The van der Waals surface area contributed by atoms with Gasteiger partial charge in [0.1, 0.15) is 11.3 Å². The van der Waals surface area contributed by atoms with Crippen LogP contribution in [0.15, 0.2) is 52.0 Å². The van der Waals surface area contributed by atoms with E-state index in [4.69, 9.17) is 9.15 Å². The van der Waals surface area contributed by atoms with Crippen LogP contribution in [0.3, 0.4) is 0 Å². The van der Waals surface area contributed by atoms with E-state index in [1.807, 2.05) is 42.5 Å². The zero-order chi connectivity index (χ0) is 22.8. The second-order valence-corrected chi connectivity index (χ2v) is 8.97. The zero-order valence-electron chi connectivity index (χ0n) is 19.2. The molecule has 1 N–H and O–H groups in total. The van der Waals surface area contributed by atoms with Crippen molar-refractivity contribution in [3.63, 3.8) is 0 Å². The van der Waals surface area contributed by atoms with Gasteiger partial charge in [0.15, 0.2) is 11.8 Å². The SMILES string of the molecule is CCC1CC(=O)NN=C1c1ccc2nc(-c3ccc(OC4CCCCCN4C)cc3)oc2c1. The molecule has 5 rings (SSSR count). The number of benzene rings is 2. The third-order valence-electron chi connectivity index (χ3n) is 6.62. The van der Waals surface area contributed by atoms with Crippen LogP contribution in [-0.2, 0) is 4.79 Å². The fourth-order valence-corrected chi connectivity index (χ4v) is 4.63. The number of ether oxygens (including phenoxy) is 1.